The summed E-state index contributed by atoms with van der Waals surface area (Å²) >= 11 is 0. The molecule has 0 fully saturated rings. The summed E-state index contributed by atoms with van der Waals surface area (Å²) in [4.78, 5) is 19.1. The molecular weight excluding hydrogens is 256 g/mol. The van der Waals surface area contributed by atoms with Crippen molar-refractivity contribution in [2.24, 2.45) is 5.73 Å². The van der Waals surface area contributed by atoms with E-state index in [9.17, 15) is 4.79 Å². The van der Waals surface area contributed by atoms with E-state index in [4.69, 9.17) is 11.5 Å². The molecule has 6 N–H and O–H groups in total. The fourth-order valence-corrected chi connectivity index (χ4v) is 1.66. The highest BCUT2D eigenvalue weighted by molar-refractivity contribution is 5.93. The lowest BCUT2D eigenvalue weighted by atomic mass is 10.2. The Morgan fingerprint density at radius 1 is 1.20 bits per heavy atom. The second kappa shape index (κ2) is 5.87. The van der Waals surface area contributed by atoms with E-state index in [1.165, 1.54) is 6.33 Å². The Bertz CT molecular complexity index is 611. The van der Waals surface area contributed by atoms with Gasteiger partial charge in [-0.25, -0.2) is 9.97 Å². The van der Waals surface area contributed by atoms with Crippen LogP contribution in [0.25, 0.3) is 0 Å². The van der Waals surface area contributed by atoms with Crippen LogP contribution in [0.3, 0.4) is 0 Å². The summed E-state index contributed by atoms with van der Waals surface area (Å²) in [6.07, 6.45) is 1.43. The molecule has 0 aliphatic rings. The molecule has 0 saturated carbocycles. The summed E-state index contributed by atoms with van der Waals surface area (Å²) in [6.45, 7) is 2.67. The molecule has 1 heterocycles. The fourth-order valence-electron chi connectivity index (χ4n) is 1.66. The maximum Gasteiger partial charge on any atom is 0.248 e. The Morgan fingerprint density at radius 2 is 1.85 bits per heavy atom. The summed E-state index contributed by atoms with van der Waals surface area (Å²) in [7, 11) is 0. The molecule has 2 rings (SSSR count). The molecule has 1 amide bonds. The number of benzene rings is 1. The average molecular weight is 272 g/mol. The number of hydrogen-bond donors (Lipinski definition) is 4. The third kappa shape index (κ3) is 2.94. The first-order valence-electron chi connectivity index (χ1n) is 6.13. The number of nitrogens with zero attached hydrogens (tertiary/aromatic N) is 2. The van der Waals surface area contributed by atoms with Crippen LogP contribution in [0.2, 0.25) is 0 Å². The monoisotopic (exact) mass is 272 g/mol. The van der Waals surface area contributed by atoms with Crippen molar-refractivity contribution in [3.63, 3.8) is 0 Å². The third-order valence-electron chi connectivity index (χ3n) is 2.66. The minimum absolute atomic E-state index is 0.438. The van der Waals surface area contributed by atoms with Crippen molar-refractivity contribution < 1.29 is 4.79 Å². The van der Waals surface area contributed by atoms with E-state index < -0.39 is 5.91 Å². The molecule has 0 bridgehead atoms. The van der Waals surface area contributed by atoms with E-state index >= 15 is 0 Å². The van der Waals surface area contributed by atoms with Gasteiger partial charge in [0.05, 0.1) is 0 Å². The van der Waals surface area contributed by atoms with Crippen molar-refractivity contribution in [1.82, 2.24) is 9.97 Å². The molecule has 0 aliphatic carbocycles. The van der Waals surface area contributed by atoms with Crippen LogP contribution in [0.5, 0.6) is 0 Å². The quantitative estimate of drug-likeness (QED) is 0.652. The number of primary amides is 1. The molecule has 20 heavy (non-hydrogen) atoms. The number of hydrogen-bond acceptors (Lipinski definition) is 6. The van der Waals surface area contributed by atoms with Gasteiger partial charge in [0.1, 0.15) is 12.0 Å². The lowest BCUT2D eigenvalue weighted by Crippen LogP contribution is -2.10. The van der Waals surface area contributed by atoms with Gasteiger partial charge in [-0.2, -0.15) is 0 Å². The summed E-state index contributed by atoms with van der Waals surface area (Å²) in [6, 6.07) is 6.73. The first-order valence-corrected chi connectivity index (χ1v) is 6.13. The largest absolute Gasteiger partial charge is 0.393 e. The molecule has 2 aromatic rings. The fraction of sp³-hybridized carbons (Fsp3) is 0.154. The number of carbonyl (C=O) groups is 1. The van der Waals surface area contributed by atoms with Crippen molar-refractivity contribution in [3.8, 4) is 0 Å². The number of carbonyl (C=O) groups excluding carboxylic acids is 1. The van der Waals surface area contributed by atoms with Crippen LogP contribution in [0.15, 0.2) is 30.6 Å². The molecule has 0 aliphatic heterocycles. The van der Waals surface area contributed by atoms with Crippen molar-refractivity contribution in [1.29, 1.82) is 0 Å². The minimum atomic E-state index is -0.465. The van der Waals surface area contributed by atoms with Gasteiger partial charge in [0, 0.05) is 17.8 Å². The van der Waals surface area contributed by atoms with E-state index in [2.05, 4.69) is 20.6 Å². The van der Waals surface area contributed by atoms with Crippen LogP contribution in [-0.2, 0) is 0 Å². The molecule has 104 valence electrons. The molecule has 0 saturated heterocycles. The highest BCUT2D eigenvalue weighted by atomic mass is 16.1. The number of nitrogens with two attached hydrogens (primary N) is 2. The maximum atomic E-state index is 11.0. The smallest absolute Gasteiger partial charge is 0.248 e. The van der Waals surface area contributed by atoms with Crippen LogP contribution in [0, 0.1) is 0 Å². The first kappa shape index (κ1) is 13.6. The predicted molar refractivity (Wildman–Crippen MR) is 78.9 cm³/mol. The van der Waals surface area contributed by atoms with Crippen LogP contribution in [0.4, 0.5) is 23.0 Å². The van der Waals surface area contributed by atoms with E-state index in [0.717, 1.165) is 5.69 Å². The SMILES string of the molecule is CCNc1ncnc(Nc2ccc(C(N)=O)cc2)c1N. The van der Waals surface area contributed by atoms with Gasteiger partial charge in [0.15, 0.2) is 11.6 Å². The zero-order valence-electron chi connectivity index (χ0n) is 11.1. The number of anilines is 4. The van der Waals surface area contributed by atoms with Gasteiger partial charge < -0.3 is 22.1 Å². The van der Waals surface area contributed by atoms with Gasteiger partial charge >= 0.3 is 0 Å². The van der Waals surface area contributed by atoms with Gasteiger partial charge in [0.25, 0.3) is 0 Å². The zero-order valence-corrected chi connectivity index (χ0v) is 11.1. The summed E-state index contributed by atoms with van der Waals surface area (Å²) in [5.41, 5.74) is 12.8. The third-order valence-corrected chi connectivity index (χ3v) is 2.66. The summed E-state index contributed by atoms with van der Waals surface area (Å²) in [5, 5.41) is 6.12. The predicted octanol–water partition coefficient (Wildman–Crippen LogP) is 1.33. The van der Waals surface area contributed by atoms with Crippen molar-refractivity contribution in [3.05, 3.63) is 36.2 Å². The Kier molecular flexibility index (Phi) is 3.99. The maximum absolute atomic E-state index is 11.0. The van der Waals surface area contributed by atoms with Crippen LogP contribution < -0.4 is 22.1 Å². The van der Waals surface area contributed by atoms with Crippen LogP contribution >= 0.6 is 0 Å². The first-order chi connectivity index (χ1) is 9.61. The molecule has 7 nitrogen and oxygen atoms in total. The molecule has 1 aromatic carbocycles. The van der Waals surface area contributed by atoms with Gasteiger partial charge in [-0.05, 0) is 31.2 Å². The Balaban J connectivity index is 2.21. The van der Waals surface area contributed by atoms with E-state index in [1.807, 2.05) is 6.92 Å². The second-order valence-corrected chi connectivity index (χ2v) is 4.08. The second-order valence-electron chi connectivity index (χ2n) is 4.08. The van der Waals surface area contributed by atoms with Crippen molar-refractivity contribution in [2.75, 3.05) is 22.9 Å². The molecule has 7 heteroatoms. The molecular formula is C13H16N6O. The Labute approximate surface area is 116 Å². The van der Waals surface area contributed by atoms with E-state index in [-0.39, 0.29) is 0 Å². The standard InChI is InChI=1S/C13H16N6O/c1-2-16-12-10(14)13(18-7-17-12)19-9-5-3-8(4-6-9)11(15)20/h3-7H,2,14H2,1H3,(H2,15,20)(H2,16,17,18,19). The Hall–Kier alpha value is -2.83. The molecule has 0 atom stereocenters. The number of nitrogens with one attached hydrogen (secondary N) is 2. The van der Waals surface area contributed by atoms with Gasteiger partial charge in [-0.1, -0.05) is 0 Å². The highest BCUT2D eigenvalue weighted by Crippen LogP contribution is 2.25. The highest BCUT2D eigenvalue weighted by Gasteiger charge is 2.07. The summed E-state index contributed by atoms with van der Waals surface area (Å²) < 4.78 is 0. The normalized spacial score (nSPS) is 10.1. The van der Waals surface area contributed by atoms with Gasteiger partial charge in [0.2, 0.25) is 5.91 Å². The lowest BCUT2D eigenvalue weighted by molar-refractivity contribution is 0.100. The van der Waals surface area contributed by atoms with Crippen molar-refractivity contribution >= 4 is 28.9 Å². The van der Waals surface area contributed by atoms with E-state index in [1.54, 1.807) is 24.3 Å². The Morgan fingerprint density at radius 3 is 2.45 bits per heavy atom. The minimum Gasteiger partial charge on any atom is -0.393 e. The summed E-state index contributed by atoms with van der Waals surface area (Å²) in [5.74, 6) is 0.620. The van der Waals surface area contributed by atoms with Gasteiger partial charge in [-0.15, -0.1) is 0 Å². The number of aromatic nitrogens is 2. The molecule has 0 radical (unpaired) electrons. The average Bonchev–Trinajstić information content (AvgIpc) is 2.44. The van der Waals surface area contributed by atoms with Crippen LogP contribution in [-0.4, -0.2) is 22.4 Å². The van der Waals surface area contributed by atoms with E-state index in [0.29, 0.717) is 29.4 Å². The molecule has 0 unspecified atom stereocenters. The topological polar surface area (TPSA) is 119 Å². The number of amides is 1. The van der Waals surface area contributed by atoms with Gasteiger partial charge in [-0.3, -0.25) is 4.79 Å². The molecule has 0 spiro atoms. The molecule has 1 aromatic heterocycles. The number of nitrogen functional groups attached to an aromatic ring is 1. The lowest BCUT2D eigenvalue weighted by Gasteiger charge is -2.11. The number of rotatable bonds is 5. The van der Waals surface area contributed by atoms with Crippen molar-refractivity contribution in [2.45, 2.75) is 6.92 Å². The van der Waals surface area contributed by atoms with Crippen LogP contribution in [0.1, 0.15) is 17.3 Å². The zero-order chi connectivity index (χ0) is 14.5.